The zero-order valence-corrected chi connectivity index (χ0v) is 29.3. The summed E-state index contributed by atoms with van der Waals surface area (Å²) in [4.78, 5) is 77.5. The van der Waals surface area contributed by atoms with Gasteiger partial charge in [0.1, 0.15) is 11.5 Å². The lowest BCUT2D eigenvalue weighted by atomic mass is 9.56. The number of phenolic OH excluding ortho intramolecular Hbond substituents is 1. The van der Waals surface area contributed by atoms with Crippen LogP contribution in [0.15, 0.2) is 53.8 Å². The number of halogens is 3. The summed E-state index contributed by atoms with van der Waals surface area (Å²) in [6.07, 6.45) is 2.93. The van der Waals surface area contributed by atoms with Gasteiger partial charge in [0.25, 0.3) is 11.8 Å². The zero-order chi connectivity index (χ0) is 36.2. The van der Waals surface area contributed by atoms with Gasteiger partial charge in [-0.2, -0.15) is 0 Å². The van der Waals surface area contributed by atoms with Crippen molar-refractivity contribution in [2.75, 3.05) is 29.3 Å². The van der Waals surface area contributed by atoms with Gasteiger partial charge in [-0.3, -0.25) is 44.3 Å². The number of phenols is 1. The van der Waals surface area contributed by atoms with Crippen molar-refractivity contribution in [2.24, 2.45) is 23.7 Å². The van der Waals surface area contributed by atoms with Gasteiger partial charge in [0.05, 0.1) is 39.1 Å². The molecule has 0 bridgehead atoms. The smallest absolute Gasteiger partial charge is 0.301 e. The fraction of sp³-hybridized carbons (Fsp3) is 0.375. The van der Waals surface area contributed by atoms with Crippen LogP contribution in [0.1, 0.15) is 18.4 Å². The highest BCUT2D eigenvalue weighted by Crippen LogP contribution is 2.65. The predicted molar refractivity (Wildman–Crippen MR) is 181 cm³/mol. The first-order chi connectivity index (χ1) is 23.6. The van der Waals surface area contributed by atoms with Gasteiger partial charge in [-0.1, -0.05) is 27.6 Å². The molecule has 2 aromatic carbocycles. The second kappa shape index (κ2) is 11.5. The minimum Gasteiger partial charge on any atom is -0.508 e. The quantitative estimate of drug-likeness (QED) is 0.108. The standard InChI is InChI=1S/C32H26BrCl2N5O10/c1-36(2)26-21(39(46)47)9-16(10-22(26)40(48)49)38-27(42)19-5-4-18-20(24(19)28(38)43)11-31(34)29(44)37(13-33)30(45)32(31,35)25(18)15-7-14-8-17(41)3-6-23(14)50-12-15/h3-4,6,8-10,12,19-20,24-25,41H,5,7,11,13H2,1-2H3. The van der Waals surface area contributed by atoms with Crippen LogP contribution >= 0.6 is 39.1 Å². The van der Waals surface area contributed by atoms with Gasteiger partial charge in [-0.25, -0.2) is 4.90 Å². The number of imide groups is 2. The Hall–Kier alpha value is -4.54. The third-order valence-electron chi connectivity index (χ3n) is 10.3. The van der Waals surface area contributed by atoms with E-state index in [1.807, 2.05) is 0 Å². The topological polar surface area (TPSA) is 194 Å². The highest BCUT2D eigenvalue weighted by Gasteiger charge is 2.76. The number of carbonyl (C=O) groups excluding carboxylic acids is 4. The van der Waals surface area contributed by atoms with E-state index in [9.17, 15) is 44.5 Å². The van der Waals surface area contributed by atoms with Crippen molar-refractivity contribution in [3.05, 3.63) is 79.6 Å². The van der Waals surface area contributed by atoms with E-state index in [0.717, 1.165) is 21.9 Å². The van der Waals surface area contributed by atoms with Gasteiger partial charge >= 0.3 is 11.4 Å². The molecule has 5 aliphatic rings. The number of rotatable bonds is 6. The molecule has 50 heavy (non-hydrogen) atoms. The van der Waals surface area contributed by atoms with E-state index in [1.165, 1.54) is 37.4 Å². The maximum Gasteiger partial charge on any atom is 0.301 e. The number of likely N-dealkylation sites (tertiary alicyclic amines) is 1. The molecule has 2 saturated heterocycles. The van der Waals surface area contributed by atoms with Crippen LogP contribution in [-0.4, -0.2) is 72.8 Å². The number of benzene rings is 2. The molecule has 15 nitrogen and oxygen atoms in total. The second-order valence-corrected chi connectivity index (χ2v) is 14.8. The van der Waals surface area contributed by atoms with Crippen molar-refractivity contribution in [2.45, 2.75) is 29.0 Å². The molecule has 18 heteroatoms. The number of hydrogen-bond acceptors (Lipinski definition) is 11. The van der Waals surface area contributed by atoms with Gasteiger partial charge in [0.15, 0.2) is 15.4 Å². The van der Waals surface area contributed by atoms with Crippen LogP contribution in [0.4, 0.5) is 22.7 Å². The van der Waals surface area contributed by atoms with E-state index in [4.69, 9.17) is 27.9 Å². The van der Waals surface area contributed by atoms with Crippen LogP contribution in [0, 0.1) is 43.9 Å². The first kappa shape index (κ1) is 33.9. The number of alkyl halides is 3. The summed E-state index contributed by atoms with van der Waals surface area (Å²) in [5, 5.41) is 34.3. The number of nitro groups is 2. The number of fused-ring (bicyclic) bond motifs is 5. The molecule has 4 amide bonds. The molecule has 1 saturated carbocycles. The van der Waals surface area contributed by atoms with Crippen LogP contribution in [0.2, 0.25) is 0 Å². The van der Waals surface area contributed by atoms with Gasteiger partial charge in [0, 0.05) is 44.1 Å². The van der Waals surface area contributed by atoms with E-state index in [0.29, 0.717) is 22.5 Å². The molecule has 2 aromatic rings. The number of amides is 4. The highest BCUT2D eigenvalue weighted by molar-refractivity contribution is 9.09. The Bertz CT molecular complexity index is 2000. The van der Waals surface area contributed by atoms with Crippen molar-refractivity contribution in [1.82, 2.24) is 4.90 Å². The summed E-state index contributed by atoms with van der Waals surface area (Å²) in [6, 6.07) is 6.41. The summed E-state index contributed by atoms with van der Waals surface area (Å²) in [5.41, 5.74) is -0.760. The van der Waals surface area contributed by atoms with Crippen molar-refractivity contribution in [3.63, 3.8) is 0 Å². The molecule has 6 atom stereocenters. The number of aromatic hydroxyl groups is 1. The number of nitro benzene ring substituents is 2. The van der Waals surface area contributed by atoms with Gasteiger partial charge < -0.3 is 14.7 Å². The maximum absolute atomic E-state index is 14.4. The summed E-state index contributed by atoms with van der Waals surface area (Å²) >= 11 is 17.7. The normalized spacial score (nSPS) is 29.8. The fourth-order valence-corrected chi connectivity index (χ4v) is 9.71. The van der Waals surface area contributed by atoms with E-state index >= 15 is 0 Å². The lowest BCUT2D eigenvalue weighted by molar-refractivity contribution is -0.392. The van der Waals surface area contributed by atoms with Crippen molar-refractivity contribution < 1.29 is 38.9 Å². The molecule has 3 fully saturated rings. The summed E-state index contributed by atoms with van der Waals surface area (Å²) < 4.78 is 5.89. The Morgan fingerprint density at radius 2 is 1.68 bits per heavy atom. The Kier molecular flexibility index (Phi) is 7.80. The average Bonchev–Trinajstić information content (AvgIpc) is 3.40. The third-order valence-corrected chi connectivity index (χ3v) is 12.2. The summed E-state index contributed by atoms with van der Waals surface area (Å²) in [6.45, 7) is 0. The first-order valence-electron chi connectivity index (χ1n) is 15.3. The Morgan fingerprint density at radius 1 is 1.02 bits per heavy atom. The zero-order valence-electron chi connectivity index (χ0n) is 26.2. The fourth-order valence-electron chi connectivity index (χ4n) is 8.27. The van der Waals surface area contributed by atoms with Gasteiger partial charge in [-0.05, 0) is 42.5 Å². The molecule has 0 aromatic heterocycles. The van der Waals surface area contributed by atoms with Crippen LogP contribution in [0.25, 0.3) is 0 Å². The third kappa shape index (κ3) is 4.47. The van der Waals surface area contributed by atoms with E-state index in [-0.39, 0.29) is 41.8 Å². The van der Waals surface area contributed by atoms with Gasteiger partial charge in [-0.15, -0.1) is 23.2 Å². The lowest BCUT2D eigenvalue weighted by Crippen LogP contribution is -2.61. The molecule has 260 valence electrons. The highest BCUT2D eigenvalue weighted by atomic mass is 79.9. The van der Waals surface area contributed by atoms with Crippen LogP contribution in [0.5, 0.6) is 11.5 Å². The molecule has 0 spiro atoms. The molecular weight excluding hydrogens is 765 g/mol. The van der Waals surface area contributed by atoms with Crippen molar-refractivity contribution in [3.8, 4) is 11.5 Å². The SMILES string of the molecule is CN(C)c1c([N+](=O)[O-])cc(N2C(=O)C3CC=C4C(CC5(Cl)C(=O)N(CBr)C(=O)C5(Cl)C4C4=COc5ccc(O)cc5C4)C3C2=O)cc1[N+](=O)[O-]. The number of hydrogen-bond donors (Lipinski definition) is 1. The minimum atomic E-state index is -2.09. The number of anilines is 2. The number of carbonyl (C=O) groups is 4. The largest absolute Gasteiger partial charge is 0.508 e. The van der Waals surface area contributed by atoms with Crippen molar-refractivity contribution in [1.29, 1.82) is 0 Å². The maximum atomic E-state index is 14.4. The second-order valence-electron chi connectivity index (χ2n) is 13.0. The lowest BCUT2D eigenvalue weighted by Gasteiger charge is -2.51. The Labute approximate surface area is 301 Å². The van der Waals surface area contributed by atoms with Gasteiger partial charge in [0.2, 0.25) is 11.8 Å². The Morgan fingerprint density at radius 3 is 2.28 bits per heavy atom. The molecule has 1 N–H and O–H groups in total. The van der Waals surface area contributed by atoms with Crippen LogP contribution < -0.4 is 14.5 Å². The van der Waals surface area contributed by atoms with Crippen LogP contribution in [-0.2, 0) is 25.6 Å². The van der Waals surface area contributed by atoms with E-state index in [1.54, 1.807) is 12.1 Å². The Balaban J connectivity index is 1.36. The monoisotopic (exact) mass is 789 g/mol. The molecule has 3 aliphatic heterocycles. The first-order valence-corrected chi connectivity index (χ1v) is 17.1. The number of nitrogens with zero attached hydrogens (tertiary/aromatic N) is 5. The molecule has 7 rings (SSSR count). The van der Waals surface area contributed by atoms with E-state index < -0.39 is 78.3 Å². The minimum absolute atomic E-state index is 0.00783. The summed E-state index contributed by atoms with van der Waals surface area (Å²) in [5.74, 6) is -6.87. The number of allylic oxidation sites excluding steroid dienone is 3. The van der Waals surface area contributed by atoms with Crippen molar-refractivity contribution >= 4 is 85.5 Å². The molecule has 0 radical (unpaired) electrons. The number of ether oxygens (including phenoxy) is 1. The van der Waals surface area contributed by atoms with Crippen LogP contribution in [0.3, 0.4) is 0 Å². The average molecular weight is 791 g/mol. The summed E-state index contributed by atoms with van der Waals surface area (Å²) in [7, 11) is 2.78. The predicted octanol–water partition coefficient (Wildman–Crippen LogP) is 4.54. The molecule has 6 unspecified atom stereocenters. The van der Waals surface area contributed by atoms with E-state index in [2.05, 4.69) is 15.9 Å². The molecule has 2 aliphatic carbocycles. The molecular formula is C32H26BrCl2N5O10. The molecule has 3 heterocycles.